The highest BCUT2D eigenvalue weighted by molar-refractivity contribution is 5.22. The Morgan fingerprint density at radius 3 is 2.95 bits per heavy atom. The van der Waals surface area contributed by atoms with E-state index < -0.39 is 0 Å². The molecule has 0 amide bonds. The normalized spacial score (nSPS) is 24.4. The molecule has 0 bridgehead atoms. The molecule has 1 aromatic heterocycles. The molecule has 2 atom stereocenters. The van der Waals surface area contributed by atoms with Crippen molar-refractivity contribution in [2.24, 2.45) is 5.92 Å². The van der Waals surface area contributed by atoms with Gasteiger partial charge in [0.1, 0.15) is 0 Å². The minimum Gasteiger partial charge on any atom is -0.481 e. The predicted molar refractivity (Wildman–Crippen MR) is 77.4 cm³/mol. The topological polar surface area (TPSA) is 37.4 Å². The second-order valence-electron chi connectivity index (χ2n) is 5.27. The summed E-state index contributed by atoms with van der Waals surface area (Å²) in [6.07, 6.45) is 4.53. The number of aromatic nitrogens is 1. The number of pyridine rings is 1. The Bertz CT molecular complexity index is 379. The molecule has 2 heterocycles. The van der Waals surface area contributed by atoms with E-state index in [1.54, 1.807) is 7.11 Å². The average molecular weight is 263 g/mol. The third kappa shape index (κ3) is 3.45. The largest absolute Gasteiger partial charge is 0.481 e. The summed E-state index contributed by atoms with van der Waals surface area (Å²) in [5, 5.41) is 3.49. The number of nitrogens with one attached hydrogen (secondary N) is 1. The molecule has 0 saturated carbocycles. The zero-order valence-electron chi connectivity index (χ0n) is 12.2. The summed E-state index contributed by atoms with van der Waals surface area (Å²) in [6, 6.07) is 4.57. The van der Waals surface area contributed by atoms with E-state index in [0.29, 0.717) is 17.8 Å². The van der Waals surface area contributed by atoms with E-state index in [2.05, 4.69) is 35.2 Å². The lowest BCUT2D eigenvalue weighted by Gasteiger charge is -2.39. The Morgan fingerprint density at radius 2 is 2.32 bits per heavy atom. The lowest BCUT2D eigenvalue weighted by Crippen LogP contribution is -2.40. The molecule has 0 radical (unpaired) electrons. The molecule has 0 aromatic carbocycles. The molecule has 1 aromatic rings. The number of methoxy groups -OCH3 is 1. The van der Waals surface area contributed by atoms with Crippen molar-refractivity contribution in [2.45, 2.75) is 25.8 Å². The van der Waals surface area contributed by atoms with Gasteiger partial charge in [-0.3, -0.25) is 4.90 Å². The van der Waals surface area contributed by atoms with Gasteiger partial charge in [-0.25, -0.2) is 4.98 Å². The molecule has 1 saturated heterocycles. The SMILES string of the molecule is CCNCC1CCCN(C)C1c1ccc(OC)nc1. The van der Waals surface area contributed by atoms with E-state index >= 15 is 0 Å². The van der Waals surface area contributed by atoms with Gasteiger partial charge in [-0.15, -0.1) is 0 Å². The Labute approximate surface area is 116 Å². The lowest BCUT2D eigenvalue weighted by atomic mass is 9.85. The van der Waals surface area contributed by atoms with E-state index in [1.165, 1.54) is 24.9 Å². The number of ether oxygens (including phenoxy) is 1. The molecule has 2 unspecified atom stereocenters. The molecule has 106 valence electrons. The zero-order valence-corrected chi connectivity index (χ0v) is 12.2. The van der Waals surface area contributed by atoms with Gasteiger partial charge in [-0.2, -0.15) is 0 Å². The minimum atomic E-state index is 0.464. The van der Waals surface area contributed by atoms with Crippen LogP contribution in [0.15, 0.2) is 18.3 Å². The van der Waals surface area contributed by atoms with Crippen LogP contribution in [0, 0.1) is 5.92 Å². The van der Waals surface area contributed by atoms with Crippen molar-refractivity contribution in [1.29, 1.82) is 0 Å². The number of hydrogen-bond donors (Lipinski definition) is 1. The first-order chi connectivity index (χ1) is 9.26. The third-order valence-corrected chi connectivity index (χ3v) is 3.97. The maximum absolute atomic E-state index is 5.14. The monoisotopic (exact) mass is 263 g/mol. The first-order valence-corrected chi connectivity index (χ1v) is 7.17. The van der Waals surface area contributed by atoms with Crippen molar-refractivity contribution in [1.82, 2.24) is 15.2 Å². The number of hydrogen-bond acceptors (Lipinski definition) is 4. The Morgan fingerprint density at radius 1 is 1.47 bits per heavy atom. The van der Waals surface area contributed by atoms with Crippen molar-refractivity contribution in [3.05, 3.63) is 23.9 Å². The Kier molecular flexibility index (Phi) is 5.16. The number of piperidine rings is 1. The minimum absolute atomic E-state index is 0.464. The number of likely N-dealkylation sites (tertiary alicyclic amines) is 1. The maximum atomic E-state index is 5.14. The molecule has 1 N–H and O–H groups in total. The highest BCUT2D eigenvalue weighted by Crippen LogP contribution is 2.34. The van der Waals surface area contributed by atoms with Gasteiger partial charge >= 0.3 is 0 Å². The van der Waals surface area contributed by atoms with Crippen molar-refractivity contribution < 1.29 is 4.74 Å². The quantitative estimate of drug-likeness (QED) is 0.882. The summed E-state index contributed by atoms with van der Waals surface area (Å²) in [4.78, 5) is 6.81. The van der Waals surface area contributed by atoms with Crippen LogP contribution in [0.3, 0.4) is 0 Å². The molecular formula is C15H25N3O. The molecule has 1 aliphatic heterocycles. The Hall–Kier alpha value is -1.13. The molecule has 4 heteroatoms. The highest BCUT2D eigenvalue weighted by Gasteiger charge is 2.30. The van der Waals surface area contributed by atoms with Crippen LogP contribution in [0.4, 0.5) is 0 Å². The molecule has 1 fully saturated rings. The number of nitrogens with zero attached hydrogens (tertiary/aromatic N) is 2. The molecule has 4 nitrogen and oxygen atoms in total. The maximum Gasteiger partial charge on any atom is 0.212 e. The summed E-state index contributed by atoms with van der Waals surface area (Å²) in [6.45, 7) is 5.45. The molecule has 0 aliphatic carbocycles. The van der Waals surface area contributed by atoms with E-state index in [0.717, 1.165) is 13.1 Å². The summed E-state index contributed by atoms with van der Waals surface area (Å²) >= 11 is 0. The van der Waals surface area contributed by atoms with Crippen LogP contribution in [0.1, 0.15) is 31.4 Å². The van der Waals surface area contributed by atoms with Crippen molar-refractivity contribution in [3.63, 3.8) is 0 Å². The van der Waals surface area contributed by atoms with E-state index in [-0.39, 0.29) is 0 Å². The van der Waals surface area contributed by atoms with Crippen molar-refractivity contribution in [2.75, 3.05) is 33.8 Å². The second kappa shape index (κ2) is 6.87. The van der Waals surface area contributed by atoms with E-state index in [1.807, 2.05) is 12.3 Å². The molecule has 19 heavy (non-hydrogen) atoms. The van der Waals surface area contributed by atoms with Crippen LogP contribution in [0.2, 0.25) is 0 Å². The van der Waals surface area contributed by atoms with Gasteiger partial charge in [-0.05, 0) is 51.0 Å². The first kappa shape index (κ1) is 14.3. The summed E-state index contributed by atoms with van der Waals surface area (Å²) in [7, 11) is 3.87. The lowest BCUT2D eigenvalue weighted by molar-refractivity contribution is 0.119. The van der Waals surface area contributed by atoms with Crippen LogP contribution >= 0.6 is 0 Å². The van der Waals surface area contributed by atoms with Gasteiger partial charge in [-0.1, -0.05) is 13.0 Å². The zero-order chi connectivity index (χ0) is 13.7. The van der Waals surface area contributed by atoms with E-state index in [4.69, 9.17) is 4.74 Å². The molecule has 1 aliphatic rings. The van der Waals surface area contributed by atoms with Crippen molar-refractivity contribution >= 4 is 0 Å². The average Bonchev–Trinajstić information content (AvgIpc) is 2.45. The van der Waals surface area contributed by atoms with Crippen LogP contribution in [-0.4, -0.2) is 43.7 Å². The number of rotatable bonds is 5. The smallest absolute Gasteiger partial charge is 0.212 e. The fourth-order valence-corrected chi connectivity index (χ4v) is 3.02. The predicted octanol–water partition coefficient (Wildman–Crippen LogP) is 2.08. The third-order valence-electron chi connectivity index (χ3n) is 3.97. The molecule has 2 rings (SSSR count). The van der Waals surface area contributed by atoms with Gasteiger partial charge < -0.3 is 10.1 Å². The highest BCUT2D eigenvalue weighted by atomic mass is 16.5. The second-order valence-corrected chi connectivity index (χ2v) is 5.27. The van der Waals surface area contributed by atoms with Crippen LogP contribution in [-0.2, 0) is 0 Å². The fraction of sp³-hybridized carbons (Fsp3) is 0.667. The van der Waals surface area contributed by atoms with Gasteiger partial charge in [0.15, 0.2) is 0 Å². The van der Waals surface area contributed by atoms with Gasteiger partial charge in [0.2, 0.25) is 5.88 Å². The van der Waals surface area contributed by atoms with Crippen molar-refractivity contribution in [3.8, 4) is 5.88 Å². The van der Waals surface area contributed by atoms with Gasteiger partial charge in [0, 0.05) is 18.3 Å². The molecule has 0 spiro atoms. The van der Waals surface area contributed by atoms with Crippen LogP contribution < -0.4 is 10.1 Å². The summed E-state index contributed by atoms with van der Waals surface area (Å²) < 4.78 is 5.14. The van der Waals surface area contributed by atoms with Crippen LogP contribution in [0.25, 0.3) is 0 Å². The van der Waals surface area contributed by atoms with Gasteiger partial charge in [0.05, 0.1) is 7.11 Å². The summed E-state index contributed by atoms with van der Waals surface area (Å²) in [5.74, 6) is 1.35. The van der Waals surface area contributed by atoms with Gasteiger partial charge in [0.25, 0.3) is 0 Å². The summed E-state index contributed by atoms with van der Waals surface area (Å²) in [5.41, 5.74) is 1.30. The van der Waals surface area contributed by atoms with Crippen LogP contribution in [0.5, 0.6) is 5.88 Å². The standard InChI is InChI=1S/C15H25N3O/c1-4-16-10-12-6-5-9-18(2)15(12)13-7-8-14(19-3)17-11-13/h7-8,11-12,15-16H,4-6,9-10H2,1-3H3. The Balaban J connectivity index is 2.15. The fourth-order valence-electron chi connectivity index (χ4n) is 3.02. The van der Waals surface area contributed by atoms with E-state index in [9.17, 15) is 0 Å². The molecular weight excluding hydrogens is 238 g/mol. The first-order valence-electron chi connectivity index (χ1n) is 7.17.